The predicted octanol–water partition coefficient (Wildman–Crippen LogP) is 8.87. The molecule has 0 aliphatic carbocycles. The van der Waals surface area contributed by atoms with Crippen molar-refractivity contribution >= 4 is 40.7 Å². The van der Waals surface area contributed by atoms with Crippen molar-refractivity contribution in [2.45, 2.75) is 70.1 Å². The van der Waals surface area contributed by atoms with Crippen molar-refractivity contribution in [3.8, 4) is 11.8 Å². The molecule has 0 amide bonds. The highest BCUT2D eigenvalue weighted by Crippen LogP contribution is 2.39. The Bertz CT molecular complexity index is 1730. The fourth-order valence-electron chi connectivity index (χ4n) is 5.35. The van der Waals surface area contributed by atoms with Gasteiger partial charge in [0.15, 0.2) is 0 Å². The fraction of sp³-hybridized carbons (Fsp3) is 0.333. The Balaban J connectivity index is 0.00000461. The van der Waals surface area contributed by atoms with E-state index in [4.69, 9.17) is 21.7 Å². The van der Waals surface area contributed by atoms with E-state index in [1.807, 2.05) is 46.5 Å². The number of rotatable bonds is 10. The zero-order valence-corrected chi connectivity index (χ0v) is 26.8. The summed E-state index contributed by atoms with van der Waals surface area (Å²) >= 11 is 8.47. The summed E-state index contributed by atoms with van der Waals surface area (Å²) in [4.78, 5) is 5.94. The molecular formula is C33H34ClF3N6OS. The third-order valence-corrected chi connectivity index (χ3v) is 8.81. The first-order valence-corrected chi connectivity index (χ1v) is 16.1. The van der Waals surface area contributed by atoms with Gasteiger partial charge in [-0.3, -0.25) is 10.3 Å². The molecule has 5 rings (SSSR count). The lowest BCUT2D eigenvalue weighted by molar-refractivity contribution is -0.592. The number of aryl methyl sites for hydroxylation is 1. The second-order valence-electron chi connectivity index (χ2n) is 10.5. The zero-order valence-electron chi connectivity index (χ0n) is 25.2. The van der Waals surface area contributed by atoms with E-state index < -0.39 is 17.8 Å². The number of anilines is 2. The molecule has 7 nitrogen and oxygen atoms in total. The standard InChI is InChI=1S/C33H33ClF3N6S.H2O/c1-4-10-26-31-42(15-5-2)41-32(39-23-11-8-7-9-12-23)43(31)27-18-21(20-38)17-25(34)29(27)30(40-26)24-19-22(33(35,36)37)13-14-28(24)44-16-6-3;/h7-9,11-14,17-19,26H,4-6,10,15-16H2,1-3H3,(H,39,41);1H2/q+1;/p-1. The third kappa shape index (κ3) is 7.03. The molecule has 0 spiro atoms. The molecule has 0 saturated heterocycles. The van der Waals surface area contributed by atoms with Gasteiger partial charge < -0.3 is 5.48 Å². The molecule has 0 bridgehead atoms. The number of alkyl halides is 3. The molecule has 2 heterocycles. The molecule has 1 aliphatic rings. The molecule has 3 aromatic carbocycles. The normalized spacial score (nSPS) is 14.0. The topological polar surface area (TPSA) is 99.9 Å². The minimum absolute atomic E-state index is 0. The van der Waals surface area contributed by atoms with Crippen molar-refractivity contribution in [2.75, 3.05) is 11.1 Å². The highest BCUT2D eigenvalue weighted by molar-refractivity contribution is 7.99. The number of hydrogen-bond donors (Lipinski definition) is 1. The molecule has 45 heavy (non-hydrogen) atoms. The number of thioether (sulfide) groups is 1. The van der Waals surface area contributed by atoms with Crippen LogP contribution in [0.3, 0.4) is 0 Å². The van der Waals surface area contributed by atoms with Gasteiger partial charge in [-0.25, -0.2) is 0 Å². The van der Waals surface area contributed by atoms with Gasteiger partial charge in [-0.1, -0.05) is 57.0 Å². The maximum Gasteiger partial charge on any atom is 0.416 e. The lowest BCUT2D eigenvalue weighted by Gasteiger charge is -2.18. The summed E-state index contributed by atoms with van der Waals surface area (Å²) in [7, 11) is 0. The molecule has 1 unspecified atom stereocenters. The van der Waals surface area contributed by atoms with Gasteiger partial charge in [0.05, 0.1) is 45.7 Å². The fourth-order valence-corrected chi connectivity index (χ4v) is 6.55. The van der Waals surface area contributed by atoms with Crippen LogP contribution in [0.15, 0.2) is 70.6 Å². The van der Waals surface area contributed by atoms with E-state index in [0.29, 0.717) is 51.9 Å². The zero-order chi connectivity index (χ0) is 31.4. The molecule has 0 fully saturated rings. The van der Waals surface area contributed by atoms with Gasteiger partial charge in [0.1, 0.15) is 11.7 Å². The van der Waals surface area contributed by atoms with Crippen LogP contribution >= 0.6 is 23.4 Å². The molecular weight excluding hydrogens is 621 g/mol. The molecule has 1 aromatic heterocycles. The summed E-state index contributed by atoms with van der Waals surface area (Å²) in [5, 5.41) is 18.6. The van der Waals surface area contributed by atoms with E-state index in [9.17, 15) is 18.4 Å². The van der Waals surface area contributed by atoms with Crippen LogP contribution in [0.1, 0.15) is 80.6 Å². The lowest BCUT2D eigenvalue weighted by Crippen LogP contribution is -2.39. The van der Waals surface area contributed by atoms with Gasteiger partial charge in [-0.15, -0.1) is 16.4 Å². The number of fused-ring (bicyclic) bond motifs is 3. The first-order valence-electron chi connectivity index (χ1n) is 14.7. The Hall–Kier alpha value is -3.85. The van der Waals surface area contributed by atoms with Gasteiger partial charge in [-0.2, -0.15) is 23.0 Å². The molecule has 1 aliphatic heterocycles. The number of nitriles is 1. The maximum absolute atomic E-state index is 14.1. The molecule has 2 N–H and O–H groups in total. The van der Waals surface area contributed by atoms with Crippen molar-refractivity contribution in [1.82, 2.24) is 9.78 Å². The van der Waals surface area contributed by atoms with E-state index in [-0.39, 0.29) is 10.5 Å². The van der Waals surface area contributed by atoms with E-state index in [1.165, 1.54) is 23.9 Å². The largest absolute Gasteiger partial charge is 0.870 e. The van der Waals surface area contributed by atoms with Crippen molar-refractivity contribution in [1.29, 1.82) is 5.26 Å². The summed E-state index contributed by atoms with van der Waals surface area (Å²) in [6.07, 6.45) is -1.50. The van der Waals surface area contributed by atoms with E-state index in [2.05, 4.69) is 25.2 Å². The number of hydrogen-bond acceptors (Lipinski definition) is 6. The summed E-state index contributed by atoms with van der Waals surface area (Å²) < 4.78 is 46.2. The minimum atomic E-state index is -4.54. The van der Waals surface area contributed by atoms with Crippen LogP contribution in [-0.4, -0.2) is 26.7 Å². The van der Waals surface area contributed by atoms with Crippen molar-refractivity contribution in [2.24, 2.45) is 4.99 Å². The van der Waals surface area contributed by atoms with Crippen LogP contribution < -0.4 is 9.88 Å². The van der Waals surface area contributed by atoms with Crippen molar-refractivity contribution in [3.05, 3.63) is 93.8 Å². The van der Waals surface area contributed by atoms with Gasteiger partial charge in [0.2, 0.25) is 5.82 Å². The molecule has 0 saturated carbocycles. The van der Waals surface area contributed by atoms with E-state index in [0.717, 1.165) is 42.6 Å². The Morgan fingerprint density at radius 2 is 1.80 bits per heavy atom. The van der Waals surface area contributed by atoms with Crippen molar-refractivity contribution in [3.63, 3.8) is 0 Å². The Kier molecular flexibility index (Phi) is 11.0. The number of aliphatic imine (C=N–C) groups is 1. The van der Waals surface area contributed by atoms with Crippen LogP contribution in [0.2, 0.25) is 5.02 Å². The molecule has 0 radical (unpaired) electrons. The van der Waals surface area contributed by atoms with Gasteiger partial charge >= 0.3 is 12.1 Å². The second-order valence-corrected chi connectivity index (χ2v) is 12.1. The highest BCUT2D eigenvalue weighted by Gasteiger charge is 2.39. The number of benzene rings is 3. The number of halogens is 4. The number of nitrogens with one attached hydrogen (secondary N) is 1. The Labute approximate surface area is 270 Å². The summed E-state index contributed by atoms with van der Waals surface area (Å²) in [6.45, 7) is 6.73. The Morgan fingerprint density at radius 1 is 1.04 bits per heavy atom. The summed E-state index contributed by atoms with van der Waals surface area (Å²) in [5.41, 5.74) is 2.10. The van der Waals surface area contributed by atoms with Gasteiger partial charge in [-0.05, 0) is 67.5 Å². The first kappa shape index (κ1) is 34.0. The minimum Gasteiger partial charge on any atom is -0.870 e. The third-order valence-electron chi connectivity index (χ3n) is 7.23. The molecule has 236 valence electrons. The number of para-hydroxylation sites is 1. The number of nitrogens with zero attached hydrogens (tertiary/aromatic N) is 5. The van der Waals surface area contributed by atoms with Crippen LogP contribution in [0.4, 0.5) is 24.8 Å². The van der Waals surface area contributed by atoms with Crippen LogP contribution in [0, 0.1) is 11.3 Å². The highest BCUT2D eigenvalue weighted by atomic mass is 35.5. The van der Waals surface area contributed by atoms with E-state index >= 15 is 0 Å². The van der Waals surface area contributed by atoms with Gasteiger partial charge in [0, 0.05) is 15.6 Å². The quantitative estimate of drug-likeness (QED) is 0.136. The smallest absolute Gasteiger partial charge is 0.416 e. The SMILES string of the molecule is CCCSc1ccc(C(F)(F)F)cc1C1=NC(CCC)c2n(CCC)nc(Nc3ccccc3)[n+]2-c2cc(C#N)cc(Cl)c21.[OH-]. The first-order chi connectivity index (χ1) is 21.2. The Morgan fingerprint density at radius 3 is 2.44 bits per heavy atom. The summed E-state index contributed by atoms with van der Waals surface area (Å²) in [5.74, 6) is 1.99. The molecule has 4 aromatic rings. The average Bonchev–Trinajstić information content (AvgIpc) is 3.27. The van der Waals surface area contributed by atoms with Crippen LogP contribution in [0.5, 0.6) is 0 Å². The number of aromatic nitrogens is 3. The second kappa shape index (κ2) is 14.5. The maximum atomic E-state index is 14.1. The monoisotopic (exact) mass is 654 g/mol. The summed E-state index contributed by atoms with van der Waals surface area (Å²) in [6, 6.07) is 18.4. The van der Waals surface area contributed by atoms with Crippen molar-refractivity contribution < 1.29 is 23.2 Å². The average molecular weight is 655 g/mol. The molecule has 1 atom stereocenters. The van der Waals surface area contributed by atoms with Gasteiger partial charge in [0.25, 0.3) is 0 Å². The van der Waals surface area contributed by atoms with Crippen LogP contribution in [0.25, 0.3) is 5.69 Å². The predicted molar refractivity (Wildman–Crippen MR) is 171 cm³/mol. The molecule has 12 heteroatoms. The van der Waals surface area contributed by atoms with E-state index in [1.54, 1.807) is 12.1 Å². The van der Waals surface area contributed by atoms with Crippen LogP contribution in [-0.2, 0) is 12.7 Å². The lowest BCUT2D eigenvalue weighted by atomic mass is 9.97.